The topological polar surface area (TPSA) is 64.6 Å². The maximum Gasteiger partial charge on any atom is 0.194 e. The zero-order valence-corrected chi connectivity index (χ0v) is 15.9. The van der Waals surface area contributed by atoms with Crippen LogP contribution in [-0.2, 0) is 16.0 Å². The average molecular weight is 363 g/mol. The summed E-state index contributed by atoms with van der Waals surface area (Å²) < 4.78 is 22.6. The third kappa shape index (κ3) is 4.22. The fourth-order valence-electron chi connectivity index (χ4n) is 3.59. The van der Waals surface area contributed by atoms with Crippen LogP contribution >= 0.6 is 0 Å². The number of nitrogens with zero attached hydrogens (tertiary/aromatic N) is 2. The molecule has 2 aliphatic heterocycles. The van der Waals surface area contributed by atoms with Crippen molar-refractivity contribution in [2.24, 2.45) is 4.99 Å². The van der Waals surface area contributed by atoms with Crippen molar-refractivity contribution in [2.75, 3.05) is 47.6 Å². The molecular weight excluding hydrogens is 334 g/mol. The molecule has 1 aromatic rings. The predicted molar refractivity (Wildman–Crippen MR) is 100 cm³/mol. The summed E-state index contributed by atoms with van der Waals surface area (Å²) in [5.41, 5.74) is 1.02. The molecule has 26 heavy (non-hydrogen) atoms. The van der Waals surface area contributed by atoms with Crippen molar-refractivity contribution >= 4 is 5.96 Å². The molecule has 1 aromatic carbocycles. The third-order valence-electron chi connectivity index (χ3n) is 4.91. The molecule has 2 heterocycles. The zero-order valence-electron chi connectivity index (χ0n) is 15.9. The van der Waals surface area contributed by atoms with Crippen LogP contribution in [0.2, 0.25) is 0 Å². The summed E-state index contributed by atoms with van der Waals surface area (Å²) in [6, 6.07) is 5.88. The van der Waals surface area contributed by atoms with Crippen molar-refractivity contribution in [1.82, 2.24) is 10.2 Å². The van der Waals surface area contributed by atoms with Gasteiger partial charge >= 0.3 is 0 Å². The number of morpholine rings is 1. The summed E-state index contributed by atoms with van der Waals surface area (Å²) in [7, 11) is 5.11. The first-order chi connectivity index (χ1) is 12.8. The molecule has 7 nitrogen and oxygen atoms in total. The van der Waals surface area contributed by atoms with Crippen LogP contribution in [0.4, 0.5) is 0 Å². The lowest BCUT2D eigenvalue weighted by atomic mass is 10.1. The minimum absolute atomic E-state index is 0.108. The Balaban J connectivity index is 1.63. The van der Waals surface area contributed by atoms with E-state index < -0.39 is 0 Å². The number of methoxy groups -OCH3 is 2. The van der Waals surface area contributed by atoms with Crippen LogP contribution < -0.4 is 14.8 Å². The lowest BCUT2D eigenvalue weighted by molar-refractivity contribution is -0.0817. The van der Waals surface area contributed by atoms with Crippen molar-refractivity contribution in [1.29, 1.82) is 0 Å². The SMILES string of the molecule is CN=C(NCc1cccc(OC)c1OC)N1CCOC(C2CCCO2)C1. The van der Waals surface area contributed by atoms with Crippen LogP contribution in [-0.4, -0.2) is 70.6 Å². The van der Waals surface area contributed by atoms with Crippen molar-refractivity contribution in [3.63, 3.8) is 0 Å². The van der Waals surface area contributed by atoms with Crippen LogP contribution in [0, 0.1) is 0 Å². The largest absolute Gasteiger partial charge is 0.493 e. The summed E-state index contributed by atoms with van der Waals surface area (Å²) >= 11 is 0. The molecule has 0 radical (unpaired) electrons. The number of hydrogen-bond acceptors (Lipinski definition) is 5. The van der Waals surface area contributed by atoms with E-state index in [4.69, 9.17) is 18.9 Å². The number of ether oxygens (including phenoxy) is 4. The van der Waals surface area contributed by atoms with Gasteiger partial charge < -0.3 is 29.2 Å². The molecule has 3 rings (SSSR count). The fraction of sp³-hybridized carbons (Fsp3) is 0.632. The minimum Gasteiger partial charge on any atom is -0.493 e. The van der Waals surface area contributed by atoms with Crippen molar-refractivity contribution in [2.45, 2.75) is 31.6 Å². The molecule has 2 saturated heterocycles. The Morgan fingerprint density at radius 3 is 2.77 bits per heavy atom. The molecule has 1 N–H and O–H groups in total. The highest BCUT2D eigenvalue weighted by molar-refractivity contribution is 5.80. The van der Waals surface area contributed by atoms with Gasteiger partial charge in [0, 0.05) is 38.9 Å². The average Bonchev–Trinajstić information content (AvgIpc) is 3.23. The highest BCUT2D eigenvalue weighted by Gasteiger charge is 2.32. The summed E-state index contributed by atoms with van der Waals surface area (Å²) in [4.78, 5) is 6.69. The number of aliphatic imine (C=N–C) groups is 1. The summed E-state index contributed by atoms with van der Waals surface area (Å²) in [5, 5.41) is 3.44. The van der Waals surface area contributed by atoms with Crippen LogP contribution in [0.15, 0.2) is 23.2 Å². The molecule has 2 unspecified atom stereocenters. The third-order valence-corrected chi connectivity index (χ3v) is 4.91. The van der Waals surface area contributed by atoms with Gasteiger partial charge in [0.05, 0.1) is 26.9 Å². The van der Waals surface area contributed by atoms with E-state index in [1.807, 2.05) is 25.2 Å². The summed E-state index contributed by atoms with van der Waals surface area (Å²) in [6.45, 7) is 3.74. The smallest absolute Gasteiger partial charge is 0.194 e. The molecule has 2 atom stereocenters. The van der Waals surface area contributed by atoms with E-state index in [1.54, 1.807) is 14.2 Å². The molecule has 0 bridgehead atoms. The lowest BCUT2D eigenvalue weighted by Gasteiger charge is -2.37. The van der Waals surface area contributed by atoms with Crippen LogP contribution in [0.1, 0.15) is 18.4 Å². The maximum atomic E-state index is 5.93. The highest BCUT2D eigenvalue weighted by Crippen LogP contribution is 2.30. The first-order valence-corrected chi connectivity index (χ1v) is 9.15. The van der Waals surface area contributed by atoms with Crippen molar-refractivity contribution in [3.05, 3.63) is 23.8 Å². The molecule has 2 fully saturated rings. The van der Waals surface area contributed by atoms with Gasteiger partial charge in [-0.05, 0) is 18.9 Å². The first-order valence-electron chi connectivity index (χ1n) is 9.15. The first kappa shape index (κ1) is 18.8. The summed E-state index contributed by atoms with van der Waals surface area (Å²) in [5.74, 6) is 2.34. The van der Waals surface area contributed by atoms with Crippen LogP contribution in [0.3, 0.4) is 0 Å². The van der Waals surface area contributed by atoms with Gasteiger partial charge in [0.25, 0.3) is 0 Å². The van der Waals surface area contributed by atoms with E-state index in [1.165, 1.54) is 0 Å². The zero-order chi connectivity index (χ0) is 18.4. The van der Waals surface area contributed by atoms with Gasteiger partial charge in [-0.15, -0.1) is 0 Å². The molecular formula is C19H29N3O4. The minimum atomic E-state index is 0.108. The Morgan fingerprint density at radius 1 is 1.23 bits per heavy atom. The van der Waals surface area contributed by atoms with E-state index in [-0.39, 0.29) is 12.2 Å². The Kier molecular flexibility index (Phi) is 6.57. The van der Waals surface area contributed by atoms with E-state index >= 15 is 0 Å². The van der Waals surface area contributed by atoms with E-state index in [0.717, 1.165) is 55.6 Å². The van der Waals surface area contributed by atoms with Gasteiger partial charge in [-0.3, -0.25) is 4.99 Å². The second-order valence-electron chi connectivity index (χ2n) is 6.46. The lowest BCUT2D eigenvalue weighted by Crippen LogP contribution is -2.53. The van der Waals surface area contributed by atoms with Gasteiger partial charge in [0.2, 0.25) is 0 Å². The Morgan fingerprint density at radius 2 is 2.08 bits per heavy atom. The van der Waals surface area contributed by atoms with Gasteiger partial charge in [0.1, 0.15) is 6.10 Å². The number of para-hydroxylation sites is 1. The van der Waals surface area contributed by atoms with Gasteiger partial charge in [-0.2, -0.15) is 0 Å². The van der Waals surface area contributed by atoms with Crippen LogP contribution in [0.5, 0.6) is 11.5 Å². The molecule has 144 valence electrons. The number of rotatable bonds is 5. The van der Waals surface area contributed by atoms with Gasteiger partial charge in [-0.25, -0.2) is 0 Å². The second kappa shape index (κ2) is 9.09. The van der Waals surface area contributed by atoms with Crippen molar-refractivity contribution < 1.29 is 18.9 Å². The normalized spacial score (nSPS) is 23.8. The fourth-order valence-corrected chi connectivity index (χ4v) is 3.59. The Labute approximate surface area is 155 Å². The summed E-state index contributed by atoms with van der Waals surface area (Å²) in [6.07, 6.45) is 2.50. The number of benzene rings is 1. The van der Waals surface area contributed by atoms with Gasteiger partial charge in [-0.1, -0.05) is 12.1 Å². The number of hydrogen-bond donors (Lipinski definition) is 1. The predicted octanol–water partition coefficient (Wildman–Crippen LogP) is 1.66. The number of guanidine groups is 1. The molecule has 2 aliphatic rings. The van der Waals surface area contributed by atoms with E-state index in [0.29, 0.717) is 13.2 Å². The molecule has 7 heteroatoms. The molecule has 0 spiro atoms. The monoisotopic (exact) mass is 363 g/mol. The maximum absolute atomic E-state index is 5.93. The Bertz CT molecular complexity index is 617. The standard InChI is InChI=1S/C19H29N3O4/c1-20-19(21-12-14-6-4-7-16(23-2)18(14)24-3)22-9-11-26-17(13-22)15-8-5-10-25-15/h4,6-7,15,17H,5,8-13H2,1-3H3,(H,20,21). The molecule has 0 saturated carbocycles. The highest BCUT2D eigenvalue weighted by atomic mass is 16.5. The second-order valence-corrected chi connectivity index (χ2v) is 6.46. The van der Waals surface area contributed by atoms with Crippen molar-refractivity contribution in [3.8, 4) is 11.5 Å². The molecule has 0 amide bonds. The number of nitrogens with one attached hydrogen (secondary N) is 1. The van der Waals surface area contributed by atoms with Crippen LogP contribution in [0.25, 0.3) is 0 Å². The van der Waals surface area contributed by atoms with E-state index in [9.17, 15) is 0 Å². The quantitative estimate of drug-likeness (QED) is 0.634. The van der Waals surface area contributed by atoms with E-state index in [2.05, 4.69) is 15.2 Å². The molecule has 0 aromatic heterocycles. The Hall–Kier alpha value is -1.99. The van der Waals surface area contributed by atoms with Gasteiger partial charge in [0.15, 0.2) is 17.5 Å². The molecule has 0 aliphatic carbocycles.